The second kappa shape index (κ2) is 3.72. The van der Waals surface area contributed by atoms with Crippen LogP contribution >= 0.6 is 11.3 Å². The predicted molar refractivity (Wildman–Crippen MR) is 68.7 cm³/mol. The molecule has 2 aromatic rings. The molecule has 2 heteroatoms. The molecular weight excluding hydrogens is 214 g/mol. The van der Waals surface area contributed by atoms with Gasteiger partial charge in [-0.15, -0.1) is 0 Å². The minimum absolute atomic E-state index is 0.141. The van der Waals surface area contributed by atoms with E-state index in [4.69, 9.17) is 5.73 Å². The first-order valence-electron chi connectivity index (χ1n) is 5.66. The van der Waals surface area contributed by atoms with Crippen LogP contribution in [0.15, 0.2) is 41.1 Å². The molecule has 0 bridgehead atoms. The third-order valence-corrected chi connectivity index (χ3v) is 4.23. The van der Waals surface area contributed by atoms with Gasteiger partial charge in [-0.25, -0.2) is 0 Å². The summed E-state index contributed by atoms with van der Waals surface area (Å²) in [7, 11) is 0. The van der Waals surface area contributed by atoms with Gasteiger partial charge in [-0.2, -0.15) is 11.3 Å². The standard InChI is InChI=1S/C14H15NS/c15-14(9-11-6-8-16-10-11)7-5-12-3-1-2-4-13(12)14/h1-4,6,8,10H,5,7,9,15H2. The minimum atomic E-state index is -0.141. The Bertz CT molecular complexity index is 489. The third-order valence-electron chi connectivity index (χ3n) is 3.49. The smallest absolute Gasteiger partial charge is 0.0456 e. The van der Waals surface area contributed by atoms with Crippen LogP contribution in [0.1, 0.15) is 23.1 Å². The lowest BCUT2D eigenvalue weighted by atomic mass is 9.87. The Morgan fingerprint density at radius 1 is 1.25 bits per heavy atom. The van der Waals surface area contributed by atoms with Crippen LogP contribution in [0.5, 0.6) is 0 Å². The molecule has 1 nitrogen and oxygen atoms in total. The minimum Gasteiger partial charge on any atom is -0.321 e. The second-order valence-electron chi connectivity index (χ2n) is 4.62. The summed E-state index contributed by atoms with van der Waals surface area (Å²) >= 11 is 1.75. The Labute approximate surface area is 99.9 Å². The van der Waals surface area contributed by atoms with Gasteiger partial charge in [-0.1, -0.05) is 24.3 Å². The molecule has 0 saturated heterocycles. The first kappa shape index (κ1) is 10.1. The number of nitrogens with two attached hydrogens (primary N) is 1. The van der Waals surface area contributed by atoms with Gasteiger partial charge in [0.2, 0.25) is 0 Å². The van der Waals surface area contributed by atoms with Gasteiger partial charge in [-0.05, 0) is 52.8 Å². The van der Waals surface area contributed by atoms with E-state index in [9.17, 15) is 0 Å². The normalized spacial score (nSPS) is 23.3. The first-order chi connectivity index (χ1) is 7.78. The number of thiophene rings is 1. The van der Waals surface area contributed by atoms with Crippen molar-refractivity contribution in [2.45, 2.75) is 24.8 Å². The van der Waals surface area contributed by atoms with Crippen molar-refractivity contribution in [2.75, 3.05) is 0 Å². The van der Waals surface area contributed by atoms with Gasteiger partial charge in [0.15, 0.2) is 0 Å². The van der Waals surface area contributed by atoms with Crippen LogP contribution in [0.3, 0.4) is 0 Å². The van der Waals surface area contributed by atoms with E-state index in [0.717, 1.165) is 19.3 Å². The number of hydrogen-bond donors (Lipinski definition) is 1. The van der Waals surface area contributed by atoms with Gasteiger partial charge in [0.05, 0.1) is 0 Å². The summed E-state index contributed by atoms with van der Waals surface area (Å²) in [5.41, 5.74) is 10.6. The lowest BCUT2D eigenvalue weighted by molar-refractivity contribution is 0.439. The molecule has 0 radical (unpaired) electrons. The van der Waals surface area contributed by atoms with E-state index in [1.165, 1.54) is 16.7 Å². The van der Waals surface area contributed by atoms with Crippen molar-refractivity contribution in [2.24, 2.45) is 5.73 Å². The summed E-state index contributed by atoms with van der Waals surface area (Å²) in [6, 6.07) is 10.8. The van der Waals surface area contributed by atoms with Crippen molar-refractivity contribution in [3.63, 3.8) is 0 Å². The topological polar surface area (TPSA) is 26.0 Å². The molecule has 0 aliphatic heterocycles. The summed E-state index contributed by atoms with van der Waals surface area (Å²) in [6.07, 6.45) is 3.16. The van der Waals surface area contributed by atoms with E-state index in [0.29, 0.717) is 0 Å². The molecule has 0 saturated carbocycles. The molecule has 1 aliphatic rings. The average molecular weight is 229 g/mol. The molecule has 1 heterocycles. The zero-order valence-corrected chi connectivity index (χ0v) is 9.96. The molecule has 0 amide bonds. The van der Waals surface area contributed by atoms with E-state index in [2.05, 4.69) is 41.1 Å². The van der Waals surface area contributed by atoms with Crippen molar-refractivity contribution >= 4 is 11.3 Å². The Hall–Kier alpha value is -1.12. The van der Waals surface area contributed by atoms with Crippen molar-refractivity contribution in [3.05, 3.63) is 57.8 Å². The first-order valence-corrected chi connectivity index (χ1v) is 6.61. The molecule has 1 atom stereocenters. The average Bonchev–Trinajstić information content (AvgIpc) is 2.89. The second-order valence-corrected chi connectivity index (χ2v) is 5.40. The van der Waals surface area contributed by atoms with Crippen molar-refractivity contribution in [3.8, 4) is 0 Å². The van der Waals surface area contributed by atoms with Gasteiger partial charge < -0.3 is 5.73 Å². The highest BCUT2D eigenvalue weighted by Gasteiger charge is 2.34. The van der Waals surface area contributed by atoms with Crippen LogP contribution in [-0.4, -0.2) is 0 Å². The largest absolute Gasteiger partial charge is 0.321 e. The van der Waals surface area contributed by atoms with E-state index in [1.807, 2.05) is 0 Å². The molecule has 82 valence electrons. The maximum Gasteiger partial charge on any atom is 0.0456 e. The van der Waals surface area contributed by atoms with Crippen molar-refractivity contribution in [1.82, 2.24) is 0 Å². The summed E-state index contributed by atoms with van der Waals surface area (Å²) in [5, 5.41) is 4.33. The van der Waals surface area contributed by atoms with Crippen molar-refractivity contribution < 1.29 is 0 Å². The van der Waals surface area contributed by atoms with Crippen molar-refractivity contribution in [1.29, 1.82) is 0 Å². The number of aryl methyl sites for hydroxylation is 1. The lowest BCUT2D eigenvalue weighted by Crippen LogP contribution is -2.36. The highest BCUT2D eigenvalue weighted by Crippen LogP contribution is 2.37. The molecule has 1 unspecified atom stereocenters. The van der Waals surface area contributed by atoms with E-state index >= 15 is 0 Å². The molecule has 1 aromatic heterocycles. The fourth-order valence-electron chi connectivity index (χ4n) is 2.66. The maximum absolute atomic E-state index is 6.57. The number of benzene rings is 1. The Morgan fingerprint density at radius 3 is 2.94 bits per heavy atom. The Kier molecular flexibility index (Phi) is 2.34. The molecule has 2 N–H and O–H groups in total. The molecular formula is C14H15NS. The molecule has 1 aliphatic carbocycles. The van der Waals surface area contributed by atoms with Gasteiger partial charge in [0.25, 0.3) is 0 Å². The molecule has 3 rings (SSSR count). The number of hydrogen-bond acceptors (Lipinski definition) is 2. The van der Waals surface area contributed by atoms with Crippen LogP contribution in [0.4, 0.5) is 0 Å². The van der Waals surface area contributed by atoms with Crippen LogP contribution in [0.2, 0.25) is 0 Å². The lowest BCUT2D eigenvalue weighted by Gasteiger charge is -2.25. The maximum atomic E-state index is 6.57. The zero-order chi connectivity index (χ0) is 11.0. The fourth-order valence-corrected chi connectivity index (χ4v) is 3.33. The van der Waals surface area contributed by atoms with E-state index in [-0.39, 0.29) is 5.54 Å². The molecule has 0 spiro atoms. The van der Waals surface area contributed by atoms with Gasteiger partial charge in [0.1, 0.15) is 0 Å². The summed E-state index contributed by atoms with van der Waals surface area (Å²) in [6.45, 7) is 0. The predicted octanol–water partition coefficient (Wildman–Crippen LogP) is 3.09. The Morgan fingerprint density at radius 2 is 2.12 bits per heavy atom. The van der Waals surface area contributed by atoms with Crippen LogP contribution in [-0.2, 0) is 18.4 Å². The summed E-state index contributed by atoms with van der Waals surface area (Å²) < 4.78 is 0. The van der Waals surface area contributed by atoms with Gasteiger partial charge in [0, 0.05) is 5.54 Å². The molecule has 16 heavy (non-hydrogen) atoms. The SMILES string of the molecule is NC1(Cc2ccsc2)CCc2ccccc21. The molecule has 1 aromatic carbocycles. The van der Waals surface area contributed by atoms with Gasteiger partial charge in [-0.3, -0.25) is 0 Å². The monoisotopic (exact) mass is 229 g/mol. The van der Waals surface area contributed by atoms with Crippen LogP contribution < -0.4 is 5.73 Å². The molecule has 0 fully saturated rings. The van der Waals surface area contributed by atoms with Crippen LogP contribution in [0, 0.1) is 0 Å². The highest BCUT2D eigenvalue weighted by molar-refractivity contribution is 7.07. The Balaban J connectivity index is 1.95. The van der Waals surface area contributed by atoms with Crippen LogP contribution in [0.25, 0.3) is 0 Å². The van der Waals surface area contributed by atoms with E-state index in [1.54, 1.807) is 11.3 Å². The summed E-state index contributed by atoms with van der Waals surface area (Å²) in [4.78, 5) is 0. The fraction of sp³-hybridized carbons (Fsp3) is 0.286. The number of rotatable bonds is 2. The number of fused-ring (bicyclic) bond motifs is 1. The van der Waals surface area contributed by atoms with Gasteiger partial charge >= 0.3 is 0 Å². The highest BCUT2D eigenvalue weighted by atomic mass is 32.1. The quantitative estimate of drug-likeness (QED) is 0.841. The third kappa shape index (κ3) is 1.58. The summed E-state index contributed by atoms with van der Waals surface area (Å²) in [5.74, 6) is 0. The zero-order valence-electron chi connectivity index (χ0n) is 9.15. The van der Waals surface area contributed by atoms with E-state index < -0.39 is 0 Å².